The highest BCUT2D eigenvalue weighted by molar-refractivity contribution is 9.10. The fraction of sp³-hybridized carbons (Fsp3) is 0.143. The van der Waals surface area contributed by atoms with E-state index in [1.807, 2.05) is 0 Å². The Balaban J connectivity index is 2.44. The van der Waals surface area contributed by atoms with E-state index < -0.39 is 5.38 Å². The van der Waals surface area contributed by atoms with Crippen LogP contribution in [-0.4, -0.2) is 0 Å². The van der Waals surface area contributed by atoms with Crippen molar-refractivity contribution in [3.8, 4) is 0 Å². The molecule has 0 nitrogen and oxygen atoms in total. The van der Waals surface area contributed by atoms with Crippen molar-refractivity contribution >= 4 is 27.5 Å². The van der Waals surface area contributed by atoms with Crippen LogP contribution in [0.5, 0.6) is 0 Å². The summed E-state index contributed by atoms with van der Waals surface area (Å²) >= 11 is 9.49. The zero-order chi connectivity index (χ0) is 13.3. The summed E-state index contributed by atoms with van der Waals surface area (Å²) in [6.07, 6.45) is 0. The maximum Gasteiger partial charge on any atom is 0.137 e. The zero-order valence-corrected chi connectivity index (χ0v) is 11.9. The lowest BCUT2D eigenvalue weighted by Crippen LogP contribution is -1.97. The molecular weight excluding hydrogens is 322 g/mol. The van der Waals surface area contributed by atoms with Crippen LogP contribution in [0.4, 0.5) is 8.78 Å². The predicted molar refractivity (Wildman–Crippen MR) is 72.9 cm³/mol. The molecule has 0 aliphatic heterocycles. The highest BCUT2D eigenvalue weighted by atomic mass is 79.9. The van der Waals surface area contributed by atoms with Gasteiger partial charge in [-0.25, -0.2) is 8.78 Å². The summed E-state index contributed by atoms with van der Waals surface area (Å²) in [6.45, 7) is 1.67. The largest absolute Gasteiger partial charge is 0.207 e. The van der Waals surface area contributed by atoms with E-state index in [0.29, 0.717) is 15.6 Å². The molecule has 2 aromatic carbocycles. The predicted octanol–water partition coefficient (Wildman–Crippen LogP) is 5.36. The Morgan fingerprint density at radius 3 is 2.50 bits per heavy atom. The number of halogens is 4. The normalized spacial score (nSPS) is 12.5. The quantitative estimate of drug-likeness (QED) is 0.650. The maximum absolute atomic E-state index is 13.4. The Morgan fingerprint density at radius 2 is 1.83 bits per heavy atom. The summed E-state index contributed by atoms with van der Waals surface area (Å²) in [5.41, 5.74) is 1.88. The second-order valence-corrected chi connectivity index (χ2v) is 5.24. The molecule has 0 radical (unpaired) electrons. The molecule has 0 fully saturated rings. The van der Waals surface area contributed by atoms with Gasteiger partial charge in [0.05, 0.1) is 9.85 Å². The minimum absolute atomic E-state index is 0.277. The average molecular weight is 332 g/mol. The fourth-order valence-corrected chi connectivity index (χ4v) is 2.66. The standard InChI is InChI=1S/C14H10BrClF2/c1-8-7-9(5-6-11(8)17)14(16)10-3-2-4-12(18)13(10)15/h2-7,14H,1H3. The van der Waals surface area contributed by atoms with Crippen molar-refractivity contribution in [3.05, 3.63) is 69.2 Å². The molecule has 0 saturated carbocycles. The third kappa shape index (κ3) is 2.57. The molecule has 0 aromatic heterocycles. The van der Waals surface area contributed by atoms with Crippen LogP contribution in [0, 0.1) is 18.6 Å². The van der Waals surface area contributed by atoms with Crippen molar-refractivity contribution in [2.24, 2.45) is 0 Å². The van der Waals surface area contributed by atoms with Crippen LogP contribution in [-0.2, 0) is 0 Å². The van der Waals surface area contributed by atoms with Crippen LogP contribution < -0.4 is 0 Å². The first-order valence-corrected chi connectivity index (χ1v) is 6.57. The molecule has 0 amide bonds. The number of aryl methyl sites for hydroxylation is 1. The summed E-state index contributed by atoms with van der Waals surface area (Å²) in [7, 11) is 0. The molecule has 94 valence electrons. The molecule has 1 unspecified atom stereocenters. The van der Waals surface area contributed by atoms with E-state index in [2.05, 4.69) is 15.9 Å². The molecule has 0 saturated heterocycles. The Kier molecular flexibility index (Phi) is 4.03. The van der Waals surface area contributed by atoms with Crippen LogP contribution in [0.25, 0.3) is 0 Å². The van der Waals surface area contributed by atoms with Crippen LogP contribution in [0.2, 0.25) is 0 Å². The highest BCUT2D eigenvalue weighted by Crippen LogP contribution is 2.35. The van der Waals surface area contributed by atoms with Gasteiger partial charge in [0.15, 0.2) is 0 Å². The van der Waals surface area contributed by atoms with E-state index in [0.717, 1.165) is 5.56 Å². The summed E-state index contributed by atoms with van der Waals surface area (Å²) in [5, 5.41) is -0.519. The second kappa shape index (κ2) is 5.37. The second-order valence-electron chi connectivity index (χ2n) is 4.01. The lowest BCUT2D eigenvalue weighted by Gasteiger charge is -2.13. The van der Waals surface area contributed by atoms with Crippen molar-refractivity contribution in [2.45, 2.75) is 12.3 Å². The van der Waals surface area contributed by atoms with Crippen LogP contribution in [0.1, 0.15) is 22.1 Å². The van der Waals surface area contributed by atoms with Crippen molar-refractivity contribution in [1.82, 2.24) is 0 Å². The van der Waals surface area contributed by atoms with Gasteiger partial charge in [-0.1, -0.05) is 24.3 Å². The molecular formula is C14H10BrClF2. The first-order chi connectivity index (χ1) is 8.50. The third-order valence-corrected chi connectivity index (χ3v) is 4.05. The molecule has 0 aliphatic rings. The zero-order valence-electron chi connectivity index (χ0n) is 9.55. The Bertz CT molecular complexity index is 584. The van der Waals surface area contributed by atoms with Gasteiger partial charge in [0, 0.05) is 0 Å². The Morgan fingerprint density at radius 1 is 1.11 bits per heavy atom. The molecule has 2 rings (SSSR count). The van der Waals surface area contributed by atoms with E-state index in [9.17, 15) is 8.78 Å². The molecule has 0 aliphatic carbocycles. The molecule has 0 N–H and O–H groups in total. The molecule has 18 heavy (non-hydrogen) atoms. The number of alkyl halides is 1. The van der Waals surface area contributed by atoms with E-state index in [4.69, 9.17) is 11.6 Å². The van der Waals surface area contributed by atoms with Crippen molar-refractivity contribution in [3.63, 3.8) is 0 Å². The van der Waals surface area contributed by atoms with Gasteiger partial charge in [-0.05, 0) is 51.7 Å². The highest BCUT2D eigenvalue weighted by Gasteiger charge is 2.16. The van der Waals surface area contributed by atoms with E-state index in [1.54, 1.807) is 31.2 Å². The Labute approximate surface area is 118 Å². The molecule has 0 bridgehead atoms. The van der Waals surface area contributed by atoms with Gasteiger partial charge in [0.1, 0.15) is 11.6 Å². The topological polar surface area (TPSA) is 0 Å². The van der Waals surface area contributed by atoms with Crippen LogP contribution >= 0.6 is 27.5 Å². The lowest BCUT2D eigenvalue weighted by molar-refractivity contribution is 0.616. The van der Waals surface area contributed by atoms with E-state index in [1.165, 1.54) is 12.1 Å². The minimum atomic E-state index is -0.519. The van der Waals surface area contributed by atoms with E-state index >= 15 is 0 Å². The summed E-state index contributed by atoms with van der Waals surface area (Å²) in [5.74, 6) is -0.641. The smallest absolute Gasteiger partial charge is 0.137 e. The van der Waals surface area contributed by atoms with Gasteiger partial charge in [-0.3, -0.25) is 0 Å². The number of hydrogen-bond donors (Lipinski definition) is 0. The molecule has 2 aromatic rings. The van der Waals surface area contributed by atoms with Crippen LogP contribution in [0.15, 0.2) is 40.9 Å². The summed E-state index contributed by atoms with van der Waals surface area (Å²) in [4.78, 5) is 0. The SMILES string of the molecule is Cc1cc(C(Cl)c2cccc(F)c2Br)ccc1F. The third-order valence-electron chi connectivity index (χ3n) is 2.73. The lowest BCUT2D eigenvalue weighted by atomic mass is 10.0. The molecule has 4 heteroatoms. The van der Waals surface area contributed by atoms with Crippen molar-refractivity contribution < 1.29 is 8.78 Å². The van der Waals surface area contributed by atoms with Gasteiger partial charge in [0.2, 0.25) is 0 Å². The van der Waals surface area contributed by atoms with Gasteiger partial charge in [-0.15, -0.1) is 11.6 Å². The Hall–Kier alpha value is -0.930. The summed E-state index contributed by atoms with van der Waals surface area (Å²) in [6, 6.07) is 9.34. The fourth-order valence-electron chi connectivity index (χ4n) is 1.72. The molecule has 1 atom stereocenters. The average Bonchev–Trinajstić information content (AvgIpc) is 2.35. The number of benzene rings is 2. The molecule has 0 heterocycles. The first kappa shape index (κ1) is 13.5. The van der Waals surface area contributed by atoms with Crippen LogP contribution in [0.3, 0.4) is 0 Å². The van der Waals surface area contributed by atoms with Crippen molar-refractivity contribution in [1.29, 1.82) is 0 Å². The van der Waals surface area contributed by atoms with Gasteiger partial charge < -0.3 is 0 Å². The summed E-state index contributed by atoms with van der Waals surface area (Å²) < 4.78 is 27.0. The molecule has 0 spiro atoms. The monoisotopic (exact) mass is 330 g/mol. The number of hydrogen-bond acceptors (Lipinski definition) is 0. The van der Waals surface area contributed by atoms with Crippen molar-refractivity contribution in [2.75, 3.05) is 0 Å². The number of rotatable bonds is 2. The van der Waals surface area contributed by atoms with Gasteiger partial charge >= 0.3 is 0 Å². The van der Waals surface area contributed by atoms with Gasteiger partial charge in [-0.2, -0.15) is 0 Å². The van der Waals surface area contributed by atoms with E-state index in [-0.39, 0.29) is 11.6 Å². The maximum atomic E-state index is 13.4. The minimum Gasteiger partial charge on any atom is -0.207 e. The van der Waals surface area contributed by atoms with Gasteiger partial charge in [0.25, 0.3) is 0 Å². The first-order valence-electron chi connectivity index (χ1n) is 5.34.